The van der Waals surface area contributed by atoms with Crippen molar-refractivity contribution in [3.8, 4) is 12.3 Å². The molecule has 26 heavy (non-hydrogen) atoms. The summed E-state index contributed by atoms with van der Waals surface area (Å²) in [5.74, 6) is 2.68. The van der Waals surface area contributed by atoms with Crippen LogP contribution in [-0.2, 0) is 6.54 Å². The SMILES string of the molecule is C#CCn1cc(/C=c2\sc3nc4ccccc4n3c2=O)c2ccccc21. The topological polar surface area (TPSA) is 39.3 Å². The van der Waals surface area contributed by atoms with Crippen molar-refractivity contribution in [1.82, 2.24) is 14.0 Å². The molecule has 5 rings (SSSR count). The zero-order valence-corrected chi connectivity index (χ0v) is 14.5. The van der Waals surface area contributed by atoms with Gasteiger partial charge in [-0.25, -0.2) is 9.38 Å². The molecule has 0 unspecified atom stereocenters. The number of hydrogen-bond acceptors (Lipinski definition) is 3. The van der Waals surface area contributed by atoms with E-state index < -0.39 is 0 Å². The highest BCUT2D eigenvalue weighted by molar-refractivity contribution is 7.15. The van der Waals surface area contributed by atoms with Crippen molar-refractivity contribution in [3.63, 3.8) is 0 Å². The smallest absolute Gasteiger partial charge is 0.274 e. The Labute approximate surface area is 152 Å². The number of rotatable bonds is 2. The van der Waals surface area contributed by atoms with Gasteiger partial charge >= 0.3 is 0 Å². The average molecular weight is 355 g/mol. The maximum absolute atomic E-state index is 12.9. The van der Waals surface area contributed by atoms with Crippen molar-refractivity contribution in [1.29, 1.82) is 0 Å². The third kappa shape index (κ3) is 2.10. The normalized spacial score (nSPS) is 12.3. The number of benzene rings is 2. The standard InChI is InChI=1S/C21H13N3OS/c1-2-11-23-13-14(15-7-3-5-9-17(15)23)12-19-20(25)24-18-10-6-4-8-16(18)22-21(24)26-19/h1,3-10,12-13H,11H2/b19-12-. The van der Waals surface area contributed by atoms with Gasteiger partial charge in [-0.2, -0.15) is 0 Å². The molecule has 3 heterocycles. The predicted molar refractivity (Wildman–Crippen MR) is 106 cm³/mol. The molecule has 0 aliphatic heterocycles. The molecule has 124 valence electrons. The van der Waals surface area contributed by atoms with Crippen LogP contribution in [0.4, 0.5) is 0 Å². The molecule has 0 aliphatic rings. The van der Waals surface area contributed by atoms with Gasteiger partial charge in [0.2, 0.25) is 0 Å². The minimum absolute atomic E-state index is 0.0347. The largest absolute Gasteiger partial charge is 0.335 e. The molecule has 0 spiro atoms. The molecule has 0 radical (unpaired) electrons. The van der Waals surface area contributed by atoms with Gasteiger partial charge in [0.1, 0.15) is 0 Å². The average Bonchev–Trinajstić information content (AvgIpc) is 3.28. The molecule has 0 saturated heterocycles. The Morgan fingerprint density at radius 2 is 1.88 bits per heavy atom. The maximum atomic E-state index is 12.9. The first-order valence-corrected chi connectivity index (χ1v) is 9.01. The zero-order chi connectivity index (χ0) is 17.7. The van der Waals surface area contributed by atoms with Crippen LogP contribution in [0.3, 0.4) is 0 Å². The van der Waals surface area contributed by atoms with Crippen molar-refractivity contribution < 1.29 is 0 Å². The number of para-hydroxylation sites is 3. The second-order valence-electron chi connectivity index (χ2n) is 6.07. The molecule has 0 saturated carbocycles. The molecule has 2 aromatic carbocycles. The number of hydrogen-bond donors (Lipinski definition) is 0. The molecule has 5 aromatic rings. The second kappa shape index (κ2) is 5.58. The van der Waals surface area contributed by atoms with E-state index in [9.17, 15) is 4.79 Å². The van der Waals surface area contributed by atoms with E-state index in [-0.39, 0.29) is 5.56 Å². The number of thiazole rings is 1. The summed E-state index contributed by atoms with van der Waals surface area (Å²) in [7, 11) is 0. The molecule has 5 heteroatoms. The third-order valence-corrected chi connectivity index (χ3v) is 5.48. The fourth-order valence-corrected chi connectivity index (χ4v) is 4.35. The number of nitrogens with zero attached hydrogens (tertiary/aromatic N) is 3. The van der Waals surface area contributed by atoms with E-state index >= 15 is 0 Å². The first-order valence-electron chi connectivity index (χ1n) is 8.19. The first kappa shape index (κ1) is 14.9. The van der Waals surface area contributed by atoms with Gasteiger partial charge in [0.25, 0.3) is 5.56 Å². The first-order chi connectivity index (χ1) is 12.8. The van der Waals surface area contributed by atoms with Gasteiger partial charge in [0.15, 0.2) is 4.96 Å². The molecule has 3 aromatic heterocycles. The maximum Gasteiger partial charge on any atom is 0.274 e. The number of fused-ring (bicyclic) bond motifs is 4. The fraction of sp³-hybridized carbons (Fsp3) is 0.0476. The van der Waals surface area contributed by atoms with Crippen molar-refractivity contribution in [2.24, 2.45) is 0 Å². The van der Waals surface area contributed by atoms with Gasteiger partial charge in [0, 0.05) is 22.7 Å². The minimum Gasteiger partial charge on any atom is -0.335 e. The molecule has 0 aliphatic carbocycles. The Balaban J connectivity index is 1.80. The lowest BCUT2D eigenvalue weighted by Gasteiger charge is -1.97. The highest BCUT2D eigenvalue weighted by Crippen LogP contribution is 2.22. The van der Waals surface area contributed by atoms with Crippen molar-refractivity contribution >= 4 is 44.3 Å². The van der Waals surface area contributed by atoms with E-state index in [2.05, 4.69) is 10.9 Å². The molecule has 0 atom stereocenters. The summed E-state index contributed by atoms with van der Waals surface area (Å²) in [4.78, 5) is 18.2. The predicted octanol–water partition coefficient (Wildman–Crippen LogP) is 3.04. The van der Waals surface area contributed by atoms with Gasteiger partial charge in [-0.1, -0.05) is 47.6 Å². The number of aromatic nitrogens is 3. The quantitative estimate of drug-likeness (QED) is 0.457. The van der Waals surface area contributed by atoms with Crippen LogP contribution < -0.4 is 10.1 Å². The Hall–Kier alpha value is -3.36. The van der Waals surface area contributed by atoms with Crippen LogP contribution >= 0.6 is 11.3 Å². The van der Waals surface area contributed by atoms with Crippen LogP contribution in [0.2, 0.25) is 0 Å². The lowest BCUT2D eigenvalue weighted by Crippen LogP contribution is -2.22. The number of imidazole rings is 1. The summed E-state index contributed by atoms with van der Waals surface area (Å²) < 4.78 is 4.38. The van der Waals surface area contributed by atoms with Crippen molar-refractivity contribution in [2.45, 2.75) is 6.54 Å². The molecule has 4 nitrogen and oxygen atoms in total. The number of terminal acetylenes is 1. The summed E-state index contributed by atoms with van der Waals surface area (Å²) in [5.41, 5.74) is 3.70. The third-order valence-electron chi connectivity index (χ3n) is 4.51. The van der Waals surface area contributed by atoms with Gasteiger partial charge in [0.05, 0.1) is 22.1 Å². The summed E-state index contributed by atoms with van der Waals surface area (Å²) in [6, 6.07) is 15.8. The fourth-order valence-electron chi connectivity index (χ4n) is 3.37. The van der Waals surface area contributed by atoms with Gasteiger partial charge in [-0.3, -0.25) is 4.79 Å². The van der Waals surface area contributed by atoms with Gasteiger partial charge < -0.3 is 4.57 Å². The van der Waals surface area contributed by atoms with Crippen molar-refractivity contribution in [3.05, 3.63) is 75.2 Å². The summed E-state index contributed by atoms with van der Waals surface area (Å²) in [5, 5.41) is 1.08. The van der Waals surface area contributed by atoms with Gasteiger partial charge in [-0.15, -0.1) is 6.42 Å². The second-order valence-corrected chi connectivity index (χ2v) is 7.08. The van der Waals surface area contributed by atoms with Crippen LogP contribution in [0.25, 0.3) is 33.0 Å². The molecular formula is C21H13N3OS. The Kier molecular flexibility index (Phi) is 3.21. The monoisotopic (exact) mass is 355 g/mol. The van der Waals surface area contributed by atoms with Crippen LogP contribution in [0.5, 0.6) is 0 Å². The summed E-state index contributed by atoms with van der Waals surface area (Å²) in [6.07, 6.45) is 9.43. The highest BCUT2D eigenvalue weighted by Gasteiger charge is 2.12. The lowest BCUT2D eigenvalue weighted by atomic mass is 10.2. The molecule has 0 fully saturated rings. The Morgan fingerprint density at radius 3 is 2.73 bits per heavy atom. The van der Waals surface area contributed by atoms with E-state index in [1.807, 2.05) is 65.4 Å². The Bertz CT molecular complexity index is 1450. The van der Waals surface area contributed by atoms with E-state index in [1.165, 1.54) is 11.3 Å². The minimum atomic E-state index is -0.0347. The molecule has 0 N–H and O–H groups in total. The van der Waals surface area contributed by atoms with Crippen LogP contribution in [0.1, 0.15) is 5.56 Å². The summed E-state index contributed by atoms with van der Waals surface area (Å²) >= 11 is 1.41. The highest BCUT2D eigenvalue weighted by atomic mass is 32.1. The van der Waals surface area contributed by atoms with E-state index in [4.69, 9.17) is 6.42 Å². The van der Waals surface area contributed by atoms with Crippen LogP contribution in [0.15, 0.2) is 59.5 Å². The molecule has 0 amide bonds. The summed E-state index contributed by atoms with van der Waals surface area (Å²) in [6.45, 7) is 0.497. The van der Waals surface area contributed by atoms with E-state index in [0.717, 1.165) is 32.5 Å². The van der Waals surface area contributed by atoms with E-state index in [0.29, 0.717) is 11.1 Å². The van der Waals surface area contributed by atoms with E-state index in [1.54, 1.807) is 4.40 Å². The Morgan fingerprint density at radius 1 is 1.12 bits per heavy atom. The molecular weight excluding hydrogens is 342 g/mol. The lowest BCUT2D eigenvalue weighted by molar-refractivity contribution is 0.885. The van der Waals surface area contributed by atoms with Crippen LogP contribution in [-0.4, -0.2) is 14.0 Å². The van der Waals surface area contributed by atoms with Crippen LogP contribution in [0, 0.1) is 12.3 Å². The zero-order valence-electron chi connectivity index (χ0n) is 13.7. The van der Waals surface area contributed by atoms with Gasteiger partial charge in [-0.05, 0) is 24.3 Å². The molecule has 0 bridgehead atoms. The van der Waals surface area contributed by atoms with Crippen molar-refractivity contribution in [2.75, 3.05) is 0 Å².